The lowest BCUT2D eigenvalue weighted by molar-refractivity contribution is 0.164. The Morgan fingerprint density at radius 3 is 2.65 bits per heavy atom. The third-order valence-electron chi connectivity index (χ3n) is 4.37. The lowest BCUT2D eigenvalue weighted by atomic mass is 9.69. The van der Waals surface area contributed by atoms with Crippen molar-refractivity contribution in [1.29, 1.82) is 0 Å². The van der Waals surface area contributed by atoms with E-state index in [2.05, 4.69) is 24.0 Å². The van der Waals surface area contributed by atoms with Crippen LogP contribution in [0, 0.1) is 5.41 Å². The van der Waals surface area contributed by atoms with Crippen LogP contribution in [0.5, 0.6) is 5.75 Å². The number of phenols is 1. The molecule has 1 unspecified atom stereocenters. The molecule has 4 heteroatoms. The summed E-state index contributed by atoms with van der Waals surface area (Å²) in [6, 6.07) is 6.87. The van der Waals surface area contributed by atoms with Gasteiger partial charge in [0.05, 0.1) is 0 Å². The summed E-state index contributed by atoms with van der Waals surface area (Å²) < 4.78 is 5.50. The summed E-state index contributed by atoms with van der Waals surface area (Å²) in [6.07, 6.45) is 4.83. The minimum Gasteiger partial charge on any atom is -0.508 e. The van der Waals surface area contributed by atoms with E-state index in [1.165, 1.54) is 19.3 Å². The molecule has 0 bridgehead atoms. The highest BCUT2D eigenvalue weighted by atomic mass is 16.5. The van der Waals surface area contributed by atoms with E-state index in [9.17, 15) is 5.11 Å². The maximum atomic E-state index is 9.32. The zero-order valence-corrected chi connectivity index (χ0v) is 12.0. The van der Waals surface area contributed by atoms with Crippen LogP contribution in [0.25, 0.3) is 11.4 Å². The Bertz CT molecular complexity index is 587. The molecule has 20 heavy (non-hydrogen) atoms. The van der Waals surface area contributed by atoms with Crippen LogP contribution in [-0.2, 0) is 0 Å². The van der Waals surface area contributed by atoms with Gasteiger partial charge in [-0.2, -0.15) is 4.98 Å². The molecule has 1 aromatic heterocycles. The summed E-state index contributed by atoms with van der Waals surface area (Å²) in [7, 11) is 0. The van der Waals surface area contributed by atoms with Crippen LogP contribution in [0.3, 0.4) is 0 Å². The van der Waals surface area contributed by atoms with E-state index in [-0.39, 0.29) is 11.2 Å². The Labute approximate surface area is 118 Å². The highest BCUT2D eigenvalue weighted by Gasteiger charge is 2.37. The van der Waals surface area contributed by atoms with Gasteiger partial charge in [0.25, 0.3) is 0 Å². The average Bonchev–Trinajstić information content (AvgIpc) is 2.88. The van der Waals surface area contributed by atoms with Crippen molar-refractivity contribution in [3.05, 3.63) is 30.2 Å². The van der Waals surface area contributed by atoms with Crippen molar-refractivity contribution < 1.29 is 9.63 Å². The van der Waals surface area contributed by atoms with Gasteiger partial charge >= 0.3 is 0 Å². The van der Waals surface area contributed by atoms with Crippen LogP contribution in [0.4, 0.5) is 0 Å². The monoisotopic (exact) mass is 272 g/mol. The predicted molar refractivity (Wildman–Crippen MR) is 76.4 cm³/mol. The number of benzene rings is 1. The third kappa shape index (κ3) is 2.42. The second-order valence-electron chi connectivity index (χ2n) is 6.29. The number of hydrogen-bond donors (Lipinski definition) is 1. The van der Waals surface area contributed by atoms with Gasteiger partial charge in [0.2, 0.25) is 11.7 Å². The molecule has 0 aliphatic heterocycles. The Kier molecular flexibility index (Phi) is 3.24. The summed E-state index contributed by atoms with van der Waals surface area (Å²) in [5.41, 5.74) is 1.09. The Morgan fingerprint density at radius 1 is 1.20 bits per heavy atom. The molecule has 1 N–H and O–H groups in total. The Balaban J connectivity index is 1.88. The van der Waals surface area contributed by atoms with Crippen molar-refractivity contribution in [2.75, 3.05) is 0 Å². The van der Waals surface area contributed by atoms with Crippen molar-refractivity contribution >= 4 is 0 Å². The van der Waals surface area contributed by atoms with Crippen molar-refractivity contribution in [3.63, 3.8) is 0 Å². The van der Waals surface area contributed by atoms with E-state index in [1.54, 1.807) is 24.3 Å². The molecule has 1 aromatic carbocycles. The van der Waals surface area contributed by atoms with E-state index in [4.69, 9.17) is 4.52 Å². The van der Waals surface area contributed by atoms with Crippen molar-refractivity contribution in [1.82, 2.24) is 10.1 Å². The smallest absolute Gasteiger partial charge is 0.230 e. The molecule has 1 heterocycles. The zero-order chi connectivity index (χ0) is 14.2. The van der Waals surface area contributed by atoms with Gasteiger partial charge in [-0.3, -0.25) is 0 Å². The number of nitrogens with zero attached hydrogens (tertiary/aromatic N) is 2. The van der Waals surface area contributed by atoms with E-state index in [0.29, 0.717) is 11.7 Å². The summed E-state index contributed by atoms with van der Waals surface area (Å²) >= 11 is 0. The number of aromatic hydroxyl groups is 1. The summed E-state index contributed by atoms with van der Waals surface area (Å²) in [6.45, 7) is 4.56. The second kappa shape index (κ2) is 4.93. The van der Waals surface area contributed by atoms with Crippen LogP contribution in [0.2, 0.25) is 0 Å². The molecular weight excluding hydrogens is 252 g/mol. The number of rotatable bonds is 2. The maximum Gasteiger partial charge on any atom is 0.230 e. The van der Waals surface area contributed by atoms with E-state index in [0.717, 1.165) is 17.9 Å². The van der Waals surface area contributed by atoms with Gasteiger partial charge in [-0.15, -0.1) is 0 Å². The van der Waals surface area contributed by atoms with Crippen LogP contribution >= 0.6 is 0 Å². The molecule has 0 spiro atoms. The zero-order valence-electron chi connectivity index (χ0n) is 12.0. The van der Waals surface area contributed by atoms with Gasteiger partial charge < -0.3 is 9.63 Å². The average molecular weight is 272 g/mol. The van der Waals surface area contributed by atoms with E-state index < -0.39 is 0 Å². The first-order valence-electron chi connectivity index (χ1n) is 7.19. The summed E-state index contributed by atoms with van der Waals surface area (Å²) in [4.78, 5) is 4.57. The quantitative estimate of drug-likeness (QED) is 0.893. The minimum atomic E-state index is 0.219. The third-order valence-corrected chi connectivity index (χ3v) is 4.37. The topological polar surface area (TPSA) is 59.2 Å². The largest absolute Gasteiger partial charge is 0.508 e. The van der Waals surface area contributed by atoms with Gasteiger partial charge in [0.15, 0.2) is 0 Å². The molecule has 0 radical (unpaired) electrons. The molecular formula is C16H20N2O2. The van der Waals surface area contributed by atoms with Crippen molar-refractivity contribution in [3.8, 4) is 17.1 Å². The number of phenolic OH excluding ortho intramolecular Hbond substituents is 1. The number of aromatic nitrogens is 2. The van der Waals surface area contributed by atoms with E-state index >= 15 is 0 Å². The summed E-state index contributed by atoms with van der Waals surface area (Å²) in [5.74, 6) is 1.93. The molecule has 2 aromatic rings. The molecule has 106 valence electrons. The van der Waals surface area contributed by atoms with Gasteiger partial charge in [-0.05, 0) is 42.5 Å². The fourth-order valence-corrected chi connectivity index (χ4v) is 3.06. The molecule has 3 rings (SSSR count). The Morgan fingerprint density at radius 2 is 1.95 bits per heavy atom. The maximum absolute atomic E-state index is 9.32. The molecule has 1 fully saturated rings. The first-order valence-corrected chi connectivity index (χ1v) is 7.19. The standard InChI is InChI=1S/C16H20N2O2/c1-16(2)10-4-3-5-13(16)15-17-14(18-20-15)11-6-8-12(19)9-7-11/h6-9,13,19H,3-5,10H2,1-2H3. The van der Waals surface area contributed by atoms with E-state index in [1.807, 2.05) is 0 Å². The van der Waals surface area contributed by atoms with Gasteiger partial charge in [-0.25, -0.2) is 0 Å². The van der Waals surface area contributed by atoms with Gasteiger partial charge in [-0.1, -0.05) is 31.8 Å². The normalized spacial score (nSPS) is 21.8. The van der Waals surface area contributed by atoms with Crippen LogP contribution in [0.15, 0.2) is 28.8 Å². The first-order chi connectivity index (χ1) is 9.56. The molecule has 1 aliphatic carbocycles. The predicted octanol–water partition coefficient (Wildman–Crippen LogP) is 4.13. The van der Waals surface area contributed by atoms with Crippen LogP contribution in [-0.4, -0.2) is 15.2 Å². The highest BCUT2D eigenvalue weighted by molar-refractivity contribution is 5.55. The molecule has 4 nitrogen and oxygen atoms in total. The van der Waals surface area contributed by atoms with Gasteiger partial charge in [0.1, 0.15) is 5.75 Å². The fourth-order valence-electron chi connectivity index (χ4n) is 3.06. The lowest BCUT2D eigenvalue weighted by Gasteiger charge is -2.36. The molecule has 1 atom stereocenters. The van der Waals surface area contributed by atoms with Crippen molar-refractivity contribution in [2.24, 2.45) is 5.41 Å². The highest BCUT2D eigenvalue weighted by Crippen LogP contribution is 2.46. The molecule has 1 saturated carbocycles. The molecule has 0 amide bonds. The molecule has 1 aliphatic rings. The lowest BCUT2D eigenvalue weighted by Crippen LogP contribution is -2.26. The SMILES string of the molecule is CC1(C)CCCCC1c1nc(-c2ccc(O)cc2)no1. The summed E-state index contributed by atoms with van der Waals surface area (Å²) in [5, 5.41) is 13.4. The van der Waals surface area contributed by atoms with Crippen LogP contribution in [0.1, 0.15) is 51.3 Å². The van der Waals surface area contributed by atoms with Gasteiger partial charge in [0, 0.05) is 11.5 Å². The Hall–Kier alpha value is -1.84. The first kappa shape index (κ1) is 13.2. The van der Waals surface area contributed by atoms with Crippen LogP contribution < -0.4 is 0 Å². The minimum absolute atomic E-state index is 0.219. The van der Waals surface area contributed by atoms with Crippen molar-refractivity contribution in [2.45, 2.75) is 45.4 Å². The number of hydrogen-bond acceptors (Lipinski definition) is 4. The molecule has 0 saturated heterocycles. The fraction of sp³-hybridized carbons (Fsp3) is 0.500. The second-order valence-corrected chi connectivity index (χ2v) is 6.29.